The maximum Gasteiger partial charge on any atom is 0.129 e. The van der Waals surface area contributed by atoms with E-state index in [2.05, 4.69) is 24.1 Å². The molecule has 2 atom stereocenters. The minimum absolute atomic E-state index is 0.0631. The first-order valence-corrected chi connectivity index (χ1v) is 7.37. The maximum atomic E-state index is 14.2. The van der Waals surface area contributed by atoms with Gasteiger partial charge < -0.3 is 10.1 Å². The molecule has 0 aliphatic carbocycles. The van der Waals surface area contributed by atoms with E-state index in [-0.39, 0.29) is 18.0 Å². The zero-order valence-corrected chi connectivity index (χ0v) is 13.0. The Morgan fingerprint density at radius 1 is 1.50 bits per heavy atom. The lowest BCUT2D eigenvalue weighted by atomic mass is 9.97. The maximum absolute atomic E-state index is 14.2. The molecule has 0 bridgehead atoms. The highest BCUT2D eigenvalue weighted by Gasteiger charge is 2.33. The number of ether oxygens (including phenoxy) is 1. The molecule has 5 heteroatoms. The Morgan fingerprint density at radius 2 is 2.25 bits per heavy atom. The lowest BCUT2D eigenvalue weighted by molar-refractivity contribution is -0.0630. The first-order chi connectivity index (χ1) is 9.49. The van der Waals surface area contributed by atoms with E-state index in [0.717, 1.165) is 6.54 Å². The largest absolute Gasteiger partial charge is 0.374 e. The molecule has 1 heterocycles. The summed E-state index contributed by atoms with van der Waals surface area (Å²) < 4.78 is 20.0. The zero-order chi connectivity index (χ0) is 14.7. The minimum atomic E-state index is -0.269. The predicted molar refractivity (Wildman–Crippen MR) is 79.7 cm³/mol. The molecule has 0 aromatic heterocycles. The Labute approximate surface area is 125 Å². The van der Waals surface area contributed by atoms with E-state index in [1.807, 2.05) is 7.05 Å². The fourth-order valence-corrected chi connectivity index (χ4v) is 2.72. The summed E-state index contributed by atoms with van der Waals surface area (Å²) in [5.41, 5.74) is 0.646. The normalized spacial score (nSPS) is 24.3. The van der Waals surface area contributed by atoms with Gasteiger partial charge in [-0.3, -0.25) is 4.90 Å². The van der Waals surface area contributed by atoms with E-state index >= 15 is 0 Å². The Hall–Kier alpha value is -0.680. The van der Waals surface area contributed by atoms with Crippen LogP contribution in [0, 0.1) is 5.82 Å². The van der Waals surface area contributed by atoms with Crippen LogP contribution < -0.4 is 5.32 Å². The summed E-state index contributed by atoms with van der Waals surface area (Å²) in [7, 11) is 2.00. The van der Waals surface area contributed by atoms with Crippen molar-refractivity contribution < 1.29 is 9.13 Å². The van der Waals surface area contributed by atoms with Gasteiger partial charge in [0.25, 0.3) is 0 Å². The van der Waals surface area contributed by atoms with E-state index in [9.17, 15) is 4.39 Å². The molecule has 1 N–H and O–H groups in total. The van der Waals surface area contributed by atoms with Crippen LogP contribution in [0.5, 0.6) is 0 Å². The number of nitrogens with zero attached hydrogens (tertiary/aromatic N) is 1. The highest BCUT2D eigenvalue weighted by atomic mass is 35.5. The fourth-order valence-electron chi connectivity index (χ4n) is 2.56. The predicted octanol–water partition coefficient (Wildman–Crippen LogP) is 2.85. The van der Waals surface area contributed by atoms with Crippen molar-refractivity contribution in [1.29, 1.82) is 0 Å². The Bertz CT molecular complexity index is 455. The number of rotatable bonds is 4. The number of benzene rings is 1. The van der Waals surface area contributed by atoms with Gasteiger partial charge in [0.05, 0.1) is 18.8 Å². The van der Waals surface area contributed by atoms with Gasteiger partial charge in [-0.2, -0.15) is 0 Å². The topological polar surface area (TPSA) is 24.5 Å². The van der Waals surface area contributed by atoms with Gasteiger partial charge >= 0.3 is 0 Å². The molecule has 1 saturated heterocycles. The van der Waals surface area contributed by atoms with Gasteiger partial charge in [0.2, 0.25) is 0 Å². The summed E-state index contributed by atoms with van der Waals surface area (Å²) in [6, 6.07) is 5.14. The number of hydrogen-bond acceptors (Lipinski definition) is 3. The summed E-state index contributed by atoms with van der Waals surface area (Å²) in [6.07, 6.45) is -0.0631. The van der Waals surface area contributed by atoms with Crippen molar-refractivity contribution in [2.75, 3.05) is 26.7 Å². The van der Waals surface area contributed by atoms with Crippen molar-refractivity contribution in [3.63, 3.8) is 0 Å². The van der Waals surface area contributed by atoms with Crippen LogP contribution in [0.2, 0.25) is 5.02 Å². The van der Waals surface area contributed by atoms with E-state index in [0.29, 0.717) is 29.8 Å². The first kappa shape index (κ1) is 15.7. The van der Waals surface area contributed by atoms with Crippen LogP contribution in [0.1, 0.15) is 25.5 Å². The van der Waals surface area contributed by atoms with Gasteiger partial charge in [0.15, 0.2) is 0 Å². The highest BCUT2D eigenvalue weighted by Crippen LogP contribution is 2.31. The van der Waals surface area contributed by atoms with Crippen LogP contribution in [0.15, 0.2) is 18.2 Å². The van der Waals surface area contributed by atoms with Crippen molar-refractivity contribution in [3.05, 3.63) is 34.6 Å². The second-order valence-electron chi connectivity index (χ2n) is 5.56. The molecular weight excluding hydrogens is 279 g/mol. The van der Waals surface area contributed by atoms with Crippen molar-refractivity contribution in [1.82, 2.24) is 10.2 Å². The summed E-state index contributed by atoms with van der Waals surface area (Å²) in [4.78, 5) is 2.14. The van der Waals surface area contributed by atoms with Crippen LogP contribution >= 0.6 is 11.6 Å². The second kappa shape index (κ2) is 6.85. The average molecular weight is 301 g/mol. The van der Waals surface area contributed by atoms with E-state index in [4.69, 9.17) is 16.3 Å². The van der Waals surface area contributed by atoms with Crippen LogP contribution in [-0.2, 0) is 4.74 Å². The lowest BCUT2D eigenvalue weighted by Crippen LogP contribution is -2.48. The molecule has 3 nitrogen and oxygen atoms in total. The minimum Gasteiger partial charge on any atom is -0.374 e. The molecule has 2 rings (SSSR count). The van der Waals surface area contributed by atoms with Crippen molar-refractivity contribution in [2.45, 2.75) is 32.0 Å². The number of hydrogen-bond donors (Lipinski definition) is 1. The summed E-state index contributed by atoms with van der Waals surface area (Å²) >= 11 is 5.83. The standard InChI is InChI=1S/C15H22ClFN2O/c1-10(2)18-9-14-15(19(3)6-7-20-14)12-5-4-11(16)8-13(12)17/h4-5,8,10,14-15,18H,6-7,9H2,1-3H3. The van der Waals surface area contributed by atoms with Gasteiger partial charge in [0.1, 0.15) is 5.82 Å². The van der Waals surface area contributed by atoms with Crippen LogP contribution in [0.4, 0.5) is 4.39 Å². The Balaban J connectivity index is 2.22. The summed E-state index contributed by atoms with van der Waals surface area (Å²) in [6.45, 7) is 6.35. The number of nitrogens with one attached hydrogen (secondary N) is 1. The third kappa shape index (κ3) is 3.70. The lowest BCUT2D eigenvalue weighted by Gasteiger charge is -2.40. The molecule has 1 fully saturated rings. The number of likely N-dealkylation sites (N-methyl/N-ethyl adjacent to an activating group) is 1. The first-order valence-electron chi connectivity index (χ1n) is 6.99. The molecule has 1 aliphatic rings. The molecule has 0 spiro atoms. The van der Waals surface area contributed by atoms with Crippen LogP contribution in [0.25, 0.3) is 0 Å². The third-order valence-corrected chi connectivity index (χ3v) is 3.85. The van der Waals surface area contributed by atoms with Gasteiger partial charge in [0, 0.05) is 29.7 Å². The number of morpholine rings is 1. The van der Waals surface area contributed by atoms with Gasteiger partial charge in [-0.05, 0) is 19.2 Å². The molecule has 1 aromatic rings. The monoisotopic (exact) mass is 300 g/mol. The molecule has 1 aromatic carbocycles. The zero-order valence-electron chi connectivity index (χ0n) is 12.2. The fraction of sp³-hybridized carbons (Fsp3) is 0.600. The summed E-state index contributed by atoms with van der Waals surface area (Å²) in [5.74, 6) is -0.269. The Morgan fingerprint density at radius 3 is 2.90 bits per heavy atom. The molecule has 1 aliphatic heterocycles. The van der Waals surface area contributed by atoms with Crippen molar-refractivity contribution in [3.8, 4) is 0 Å². The van der Waals surface area contributed by atoms with Gasteiger partial charge in [-0.15, -0.1) is 0 Å². The van der Waals surface area contributed by atoms with Crippen molar-refractivity contribution in [2.24, 2.45) is 0 Å². The third-order valence-electron chi connectivity index (χ3n) is 3.61. The Kier molecular flexibility index (Phi) is 5.38. The molecule has 0 saturated carbocycles. The van der Waals surface area contributed by atoms with Crippen LogP contribution in [0.3, 0.4) is 0 Å². The molecule has 20 heavy (non-hydrogen) atoms. The molecular formula is C15H22ClFN2O. The van der Waals surface area contributed by atoms with Crippen molar-refractivity contribution >= 4 is 11.6 Å². The SMILES string of the molecule is CC(C)NCC1OCCN(C)C1c1ccc(Cl)cc1F. The van der Waals surface area contributed by atoms with Crippen LogP contribution in [-0.4, -0.2) is 43.8 Å². The number of halogens is 2. The average Bonchev–Trinajstić information content (AvgIpc) is 2.37. The molecule has 112 valence electrons. The van der Waals surface area contributed by atoms with E-state index < -0.39 is 0 Å². The molecule has 2 unspecified atom stereocenters. The second-order valence-corrected chi connectivity index (χ2v) is 6.00. The molecule has 0 amide bonds. The summed E-state index contributed by atoms with van der Waals surface area (Å²) in [5, 5.41) is 3.79. The molecule has 0 radical (unpaired) electrons. The smallest absolute Gasteiger partial charge is 0.129 e. The van der Waals surface area contributed by atoms with Gasteiger partial charge in [-0.1, -0.05) is 31.5 Å². The van der Waals surface area contributed by atoms with Gasteiger partial charge in [-0.25, -0.2) is 4.39 Å². The van der Waals surface area contributed by atoms with E-state index in [1.165, 1.54) is 6.07 Å². The highest BCUT2D eigenvalue weighted by molar-refractivity contribution is 6.30. The van der Waals surface area contributed by atoms with E-state index in [1.54, 1.807) is 12.1 Å². The quantitative estimate of drug-likeness (QED) is 0.925.